The monoisotopic (exact) mass is 957 g/mol. The molecule has 386 valence electrons. The molecule has 0 rings (SSSR count). The number of phosphoric acid groups is 1. The molecular weight excluding hydrogens is 854 g/mol. The zero-order valence-corrected chi connectivity index (χ0v) is 44.7. The molecule has 0 amide bonds. The van der Waals surface area contributed by atoms with Gasteiger partial charge in [-0.1, -0.05) is 201 Å². The Morgan fingerprint density at radius 3 is 1.30 bits per heavy atom. The Morgan fingerprint density at radius 1 is 0.478 bits per heavy atom. The maximum absolute atomic E-state index is 12.8. The summed E-state index contributed by atoms with van der Waals surface area (Å²) in [6.45, 7) is 5.44. The first kappa shape index (κ1) is 64.4. The predicted octanol–water partition coefficient (Wildman–Crippen LogP) is 16.9. The Hall–Kier alpha value is -2.58. The maximum atomic E-state index is 12.8. The van der Waals surface area contributed by atoms with Gasteiger partial charge in [0.25, 0.3) is 0 Å². The zero-order chi connectivity index (χ0) is 49.0. The molecule has 0 aliphatic heterocycles. The van der Waals surface area contributed by atoms with E-state index in [0.717, 1.165) is 83.5 Å². The summed E-state index contributed by atoms with van der Waals surface area (Å²) in [6.07, 6.45) is 68.9. The fourth-order valence-corrected chi connectivity index (χ4v) is 7.74. The third-order valence-electron chi connectivity index (χ3n) is 11.1. The van der Waals surface area contributed by atoms with Crippen molar-refractivity contribution in [2.75, 3.05) is 54.1 Å². The lowest BCUT2D eigenvalue weighted by Crippen LogP contribution is -2.37. The topological polar surface area (TPSA) is 91.3 Å². The lowest BCUT2D eigenvalue weighted by atomic mass is 10.1. The molecule has 67 heavy (non-hydrogen) atoms. The summed E-state index contributed by atoms with van der Waals surface area (Å²) in [4.78, 5) is 23.0. The van der Waals surface area contributed by atoms with Gasteiger partial charge in [0, 0.05) is 13.0 Å². The molecule has 0 heterocycles. The minimum Gasteiger partial charge on any atom is -0.457 e. The highest BCUT2D eigenvalue weighted by atomic mass is 31.2. The van der Waals surface area contributed by atoms with Gasteiger partial charge in [0.15, 0.2) is 0 Å². The molecule has 0 saturated heterocycles. The van der Waals surface area contributed by atoms with Crippen LogP contribution in [0.4, 0.5) is 0 Å². The Kier molecular flexibility index (Phi) is 47.9. The largest absolute Gasteiger partial charge is 0.472 e. The highest BCUT2D eigenvalue weighted by molar-refractivity contribution is 7.47. The van der Waals surface area contributed by atoms with Crippen LogP contribution in [0.3, 0.4) is 0 Å². The molecule has 0 saturated carbocycles. The zero-order valence-electron chi connectivity index (χ0n) is 43.9. The summed E-state index contributed by atoms with van der Waals surface area (Å²) >= 11 is 0. The average molecular weight is 957 g/mol. The number of nitrogens with zero attached hydrogens (tertiary/aromatic N) is 1. The Morgan fingerprint density at radius 2 is 0.866 bits per heavy atom. The first-order chi connectivity index (χ1) is 32.6. The standard InChI is InChI=1S/C58H102NO7P/c1-6-8-10-12-14-16-18-20-22-24-26-27-28-29-30-31-32-34-36-38-40-42-44-46-48-50-53-63-55-57(56-65-67(61,62)64-54-52-59(3,4)5)66-58(60)51-49-47-45-43-41-39-37-35-33-25-23-21-19-17-15-13-11-9-7-2/h9,11,15,17-18,20-21,23-24,26,28-29,33,35,39,41,57H,6-8,10,12-14,16,19,22,25,27,30-32,34,36-38,40,42-56H2,1-5H3/p+1/b11-9-,17-15-,20-18-,23-21-,26-24-,29-28-,35-33-,41-39-. The van der Waals surface area contributed by atoms with E-state index in [1.165, 1.54) is 103 Å². The van der Waals surface area contributed by atoms with E-state index in [0.29, 0.717) is 17.6 Å². The molecule has 0 aromatic heterocycles. The number of rotatable bonds is 49. The van der Waals surface area contributed by atoms with Crippen LogP contribution < -0.4 is 0 Å². The van der Waals surface area contributed by atoms with Crippen LogP contribution in [0.2, 0.25) is 0 Å². The van der Waals surface area contributed by atoms with Crippen LogP contribution in [0, 0.1) is 0 Å². The van der Waals surface area contributed by atoms with Crippen molar-refractivity contribution in [2.24, 2.45) is 0 Å². The van der Waals surface area contributed by atoms with Crippen molar-refractivity contribution in [3.05, 3.63) is 97.2 Å². The lowest BCUT2D eigenvalue weighted by Gasteiger charge is -2.24. The molecule has 8 nitrogen and oxygen atoms in total. The molecule has 0 bridgehead atoms. The molecule has 2 unspecified atom stereocenters. The summed E-state index contributed by atoms with van der Waals surface area (Å²) in [5.41, 5.74) is 0. The van der Waals surface area contributed by atoms with Gasteiger partial charge < -0.3 is 18.9 Å². The van der Waals surface area contributed by atoms with E-state index < -0.39 is 13.9 Å². The van der Waals surface area contributed by atoms with Gasteiger partial charge >= 0.3 is 13.8 Å². The van der Waals surface area contributed by atoms with E-state index in [-0.39, 0.29) is 32.2 Å². The number of unbranched alkanes of at least 4 members (excludes halogenated alkanes) is 19. The molecule has 0 aromatic carbocycles. The fourth-order valence-electron chi connectivity index (χ4n) is 7.00. The number of carbonyl (C=O) groups is 1. The lowest BCUT2D eigenvalue weighted by molar-refractivity contribution is -0.870. The number of hydrogen-bond acceptors (Lipinski definition) is 6. The molecule has 0 radical (unpaired) electrons. The van der Waals surface area contributed by atoms with Crippen molar-refractivity contribution in [1.82, 2.24) is 0 Å². The van der Waals surface area contributed by atoms with Gasteiger partial charge in [0.2, 0.25) is 0 Å². The number of esters is 1. The van der Waals surface area contributed by atoms with Gasteiger partial charge in [-0.25, -0.2) is 4.57 Å². The maximum Gasteiger partial charge on any atom is 0.472 e. The Bertz CT molecular complexity index is 1390. The van der Waals surface area contributed by atoms with Crippen molar-refractivity contribution in [1.29, 1.82) is 0 Å². The van der Waals surface area contributed by atoms with Gasteiger partial charge in [-0.15, -0.1) is 0 Å². The first-order valence-corrected chi connectivity index (χ1v) is 28.5. The van der Waals surface area contributed by atoms with E-state index in [9.17, 15) is 14.3 Å². The average Bonchev–Trinajstić information content (AvgIpc) is 3.29. The quantitative estimate of drug-likeness (QED) is 0.0213. The number of carbonyl (C=O) groups excluding carboxylic acids is 1. The second kappa shape index (κ2) is 49.8. The fraction of sp³-hybridized carbons (Fsp3) is 0.707. The number of ether oxygens (including phenoxy) is 2. The van der Waals surface area contributed by atoms with Crippen molar-refractivity contribution in [2.45, 2.75) is 213 Å². The van der Waals surface area contributed by atoms with Crippen LogP contribution in [0.1, 0.15) is 206 Å². The van der Waals surface area contributed by atoms with Crippen LogP contribution in [0.15, 0.2) is 97.2 Å². The second-order valence-corrected chi connectivity index (χ2v) is 20.3. The normalized spacial score (nSPS) is 14.3. The number of allylic oxidation sites excluding steroid dienone is 16. The molecule has 2 atom stereocenters. The molecule has 0 fully saturated rings. The van der Waals surface area contributed by atoms with Gasteiger partial charge in [0.1, 0.15) is 19.3 Å². The molecule has 0 spiro atoms. The third kappa shape index (κ3) is 54.2. The van der Waals surface area contributed by atoms with Crippen molar-refractivity contribution in [3.63, 3.8) is 0 Å². The van der Waals surface area contributed by atoms with Gasteiger partial charge in [-0.05, 0) is 96.3 Å². The van der Waals surface area contributed by atoms with E-state index >= 15 is 0 Å². The number of likely N-dealkylation sites (N-methyl/N-ethyl adjacent to an activating group) is 1. The van der Waals surface area contributed by atoms with Crippen molar-refractivity contribution < 1.29 is 37.3 Å². The molecular formula is C58H103NO7P+. The molecule has 0 aliphatic carbocycles. The number of quaternary nitrogens is 1. The van der Waals surface area contributed by atoms with E-state index in [4.69, 9.17) is 18.5 Å². The number of hydrogen-bond donors (Lipinski definition) is 1. The summed E-state index contributed by atoms with van der Waals surface area (Å²) in [5, 5.41) is 0. The van der Waals surface area contributed by atoms with Crippen molar-refractivity contribution >= 4 is 13.8 Å². The third-order valence-corrected chi connectivity index (χ3v) is 12.1. The summed E-state index contributed by atoms with van der Waals surface area (Å²) in [7, 11) is 1.63. The second-order valence-electron chi connectivity index (χ2n) is 18.9. The summed E-state index contributed by atoms with van der Waals surface area (Å²) in [5.74, 6) is -0.348. The van der Waals surface area contributed by atoms with Crippen LogP contribution >= 0.6 is 7.82 Å². The summed E-state index contributed by atoms with van der Waals surface area (Å²) < 4.78 is 35.1. The minimum absolute atomic E-state index is 0.0761. The van der Waals surface area contributed by atoms with Gasteiger partial charge in [-0.3, -0.25) is 13.8 Å². The van der Waals surface area contributed by atoms with E-state index in [1.807, 2.05) is 21.1 Å². The Labute approximate surface area is 413 Å². The molecule has 0 aliphatic rings. The Balaban J connectivity index is 4.18. The van der Waals surface area contributed by atoms with Crippen LogP contribution in [0.5, 0.6) is 0 Å². The minimum atomic E-state index is -4.30. The molecule has 9 heteroatoms. The van der Waals surface area contributed by atoms with Gasteiger partial charge in [0.05, 0.1) is 34.4 Å². The van der Waals surface area contributed by atoms with Crippen LogP contribution in [-0.4, -0.2) is 75.6 Å². The highest BCUT2D eigenvalue weighted by Crippen LogP contribution is 2.43. The predicted molar refractivity (Wildman–Crippen MR) is 288 cm³/mol. The van der Waals surface area contributed by atoms with Crippen LogP contribution in [0.25, 0.3) is 0 Å². The smallest absolute Gasteiger partial charge is 0.457 e. The molecule has 1 N–H and O–H groups in total. The first-order valence-electron chi connectivity index (χ1n) is 27.0. The van der Waals surface area contributed by atoms with Gasteiger partial charge in [-0.2, -0.15) is 0 Å². The van der Waals surface area contributed by atoms with Crippen LogP contribution in [-0.2, 0) is 27.9 Å². The summed E-state index contributed by atoms with van der Waals surface area (Å²) in [6, 6.07) is 0. The van der Waals surface area contributed by atoms with Crippen molar-refractivity contribution in [3.8, 4) is 0 Å². The van der Waals surface area contributed by atoms with E-state index in [2.05, 4.69) is 111 Å². The highest BCUT2D eigenvalue weighted by Gasteiger charge is 2.26. The SMILES string of the molecule is CC/C=C\C/C=C\C/C=C\C/C=C\C/C=C\CCCCCC(=O)OC(COCCCCCCCCCCCCC/C=C\C/C=C\C/C=C\CCCCCCC)COP(=O)(O)OCC[N+](C)(C)C. The molecule has 0 aromatic rings. The number of phosphoric ester groups is 1. The van der Waals surface area contributed by atoms with E-state index in [1.54, 1.807) is 0 Å².